The molecule has 4 aliphatic rings. The first kappa shape index (κ1) is 29.5. The van der Waals surface area contributed by atoms with Crippen molar-refractivity contribution in [2.24, 2.45) is 17.8 Å². The van der Waals surface area contributed by atoms with Crippen LogP contribution in [0.2, 0.25) is 0 Å². The van der Waals surface area contributed by atoms with Crippen LogP contribution in [0.15, 0.2) is 84.4 Å². The maximum atomic E-state index is 14.4. The van der Waals surface area contributed by atoms with E-state index < -0.39 is 51.1 Å². The van der Waals surface area contributed by atoms with Gasteiger partial charge in [-0.05, 0) is 54.7 Å². The zero-order valence-electron chi connectivity index (χ0n) is 24.0. The van der Waals surface area contributed by atoms with Crippen molar-refractivity contribution in [3.63, 3.8) is 0 Å². The van der Waals surface area contributed by atoms with Crippen LogP contribution in [0.1, 0.15) is 29.9 Å². The number of rotatable bonds is 5. The van der Waals surface area contributed by atoms with Crippen molar-refractivity contribution in [1.82, 2.24) is 4.90 Å². The van der Waals surface area contributed by atoms with E-state index in [1.54, 1.807) is 6.07 Å². The summed E-state index contributed by atoms with van der Waals surface area (Å²) in [5.74, 6) is -6.10. The number of phenols is 1. The highest BCUT2D eigenvalue weighted by molar-refractivity contribution is 6.58. The first-order valence-corrected chi connectivity index (χ1v) is 15.2. The monoisotopic (exact) mass is 648 g/mol. The number of allylic oxidation sites excluding steroid dienone is 2. The number of amides is 4. The molecule has 6 unspecified atom stereocenters. The summed E-state index contributed by atoms with van der Waals surface area (Å²) in [5.41, 5.74) is 1.86. The van der Waals surface area contributed by atoms with E-state index in [4.69, 9.17) is 27.9 Å². The number of hydrogen-bond acceptors (Lipinski definition) is 6. The number of halogens is 3. The maximum Gasteiger partial charge on any atom is 0.258 e. The highest BCUT2D eigenvalue weighted by Crippen LogP contribution is 2.66. The molecule has 7 rings (SSSR count). The second-order valence-electron chi connectivity index (χ2n) is 11.9. The smallest absolute Gasteiger partial charge is 0.258 e. The van der Waals surface area contributed by atoms with E-state index in [1.165, 1.54) is 36.3 Å². The van der Waals surface area contributed by atoms with Crippen LogP contribution in [0.3, 0.4) is 0 Å². The van der Waals surface area contributed by atoms with Crippen LogP contribution in [0.4, 0.5) is 10.1 Å². The molecule has 3 fully saturated rings. The van der Waals surface area contributed by atoms with Crippen molar-refractivity contribution in [2.75, 3.05) is 12.0 Å². The number of likely N-dealkylation sites (tertiary alicyclic amines) is 1. The van der Waals surface area contributed by atoms with Gasteiger partial charge in [0.25, 0.3) is 11.8 Å². The summed E-state index contributed by atoms with van der Waals surface area (Å²) in [7, 11) is 1.39. The van der Waals surface area contributed by atoms with E-state index >= 15 is 0 Å². The Hall–Kier alpha value is -4.21. The minimum absolute atomic E-state index is 0.0910. The average molecular weight is 650 g/mol. The normalized spacial score (nSPS) is 30.6. The molecular weight excluding hydrogens is 622 g/mol. The molecule has 8 nitrogen and oxygen atoms in total. The van der Waals surface area contributed by atoms with Gasteiger partial charge in [0.05, 0.1) is 31.2 Å². The van der Waals surface area contributed by atoms with Gasteiger partial charge in [-0.15, -0.1) is 23.2 Å². The van der Waals surface area contributed by atoms with Crippen molar-refractivity contribution in [3.8, 4) is 11.5 Å². The summed E-state index contributed by atoms with van der Waals surface area (Å²) in [6.45, 7) is 0.101. The Labute approximate surface area is 268 Å². The van der Waals surface area contributed by atoms with E-state index in [2.05, 4.69) is 0 Å². The number of carbonyl (C=O) groups excluding carboxylic acids is 4. The van der Waals surface area contributed by atoms with Crippen LogP contribution in [-0.2, 0) is 25.7 Å². The van der Waals surface area contributed by atoms with E-state index in [-0.39, 0.29) is 48.4 Å². The van der Waals surface area contributed by atoms with Crippen LogP contribution >= 0.6 is 23.2 Å². The second-order valence-corrected chi connectivity index (χ2v) is 13.2. The molecule has 6 atom stereocenters. The molecule has 0 aromatic heterocycles. The highest BCUT2D eigenvalue weighted by Gasteiger charge is 2.76. The van der Waals surface area contributed by atoms with Crippen molar-refractivity contribution in [1.29, 1.82) is 0 Å². The molecule has 2 heterocycles. The van der Waals surface area contributed by atoms with E-state index in [0.29, 0.717) is 11.1 Å². The Kier molecular flexibility index (Phi) is 6.83. The highest BCUT2D eigenvalue weighted by atomic mass is 35.5. The van der Waals surface area contributed by atoms with Crippen molar-refractivity contribution in [3.05, 3.63) is 101 Å². The lowest BCUT2D eigenvalue weighted by Crippen LogP contribution is -2.60. The number of fused-ring (bicyclic) bond motifs is 4. The summed E-state index contributed by atoms with van der Waals surface area (Å²) >= 11 is 14.8. The molecule has 230 valence electrons. The molecule has 0 radical (unpaired) electrons. The average Bonchev–Trinajstić information content (AvgIpc) is 3.36. The first-order valence-electron chi connectivity index (χ1n) is 14.5. The fourth-order valence-corrected chi connectivity index (χ4v) is 8.60. The van der Waals surface area contributed by atoms with Crippen LogP contribution in [-0.4, -0.2) is 50.5 Å². The molecule has 1 saturated carbocycles. The Bertz CT molecular complexity index is 1800. The van der Waals surface area contributed by atoms with Crippen LogP contribution in [0, 0.1) is 23.6 Å². The molecule has 3 aromatic rings. The van der Waals surface area contributed by atoms with Gasteiger partial charge in [0.2, 0.25) is 11.8 Å². The fourth-order valence-electron chi connectivity index (χ4n) is 7.67. The first-order chi connectivity index (χ1) is 21.5. The number of nitrogens with zero attached hydrogens (tertiary/aromatic N) is 2. The Morgan fingerprint density at radius 1 is 0.933 bits per heavy atom. The van der Waals surface area contributed by atoms with Gasteiger partial charge in [0, 0.05) is 17.5 Å². The Morgan fingerprint density at radius 3 is 2.33 bits per heavy atom. The summed E-state index contributed by atoms with van der Waals surface area (Å²) < 4.78 is 19.4. The van der Waals surface area contributed by atoms with Crippen molar-refractivity contribution < 1.29 is 33.4 Å². The number of alkyl halides is 2. The number of hydrogen-bond donors (Lipinski definition) is 1. The molecule has 1 N–H and O–H groups in total. The summed E-state index contributed by atoms with van der Waals surface area (Å²) in [4.78, 5) is 54.5. The lowest BCUT2D eigenvalue weighted by atomic mass is 9.56. The summed E-state index contributed by atoms with van der Waals surface area (Å²) in [6, 6.07) is 18.3. The Balaban J connectivity index is 1.39. The van der Waals surface area contributed by atoms with E-state index in [9.17, 15) is 28.7 Å². The second kappa shape index (κ2) is 10.4. The van der Waals surface area contributed by atoms with Gasteiger partial charge >= 0.3 is 0 Å². The number of anilines is 1. The van der Waals surface area contributed by atoms with Gasteiger partial charge in [-0.2, -0.15) is 0 Å². The standard InChI is InChI=1S/C34H27Cl2FN2O6/c1-45-26-15-21(40)11-12-23(26)28-22-13-14-24-27(30(42)38(29(24)41)17-18-5-3-2-4-6-18)25(22)16-33(35)31(43)39(32(44)34(28,33)36)20-9-7-19(37)8-10-20/h2-13,15,24-25,27-28,40H,14,16-17H2,1H3. The molecule has 0 bridgehead atoms. The Morgan fingerprint density at radius 2 is 1.64 bits per heavy atom. The predicted octanol–water partition coefficient (Wildman–Crippen LogP) is 5.30. The number of benzene rings is 3. The predicted molar refractivity (Wildman–Crippen MR) is 163 cm³/mol. The topological polar surface area (TPSA) is 104 Å². The van der Waals surface area contributed by atoms with E-state index in [0.717, 1.165) is 22.6 Å². The molecule has 11 heteroatoms. The van der Waals surface area contributed by atoms with Gasteiger partial charge in [-0.3, -0.25) is 24.1 Å². The molecular formula is C34H27Cl2FN2O6. The molecule has 2 saturated heterocycles. The van der Waals surface area contributed by atoms with Crippen LogP contribution < -0.4 is 9.64 Å². The summed E-state index contributed by atoms with van der Waals surface area (Å²) in [5, 5.41) is 10.2. The lowest BCUT2D eigenvalue weighted by Gasteiger charge is -2.50. The number of imide groups is 2. The lowest BCUT2D eigenvalue weighted by molar-refractivity contribution is -0.141. The third-order valence-corrected chi connectivity index (χ3v) is 11.1. The maximum absolute atomic E-state index is 14.4. The third kappa shape index (κ3) is 4.10. The van der Waals surface area contributed by atoms with Gasteiger partial charge in [0.15, 0.2) is 9.75 Å². The number of aromatic hydroxyl groups is 1. The molecule has 2 aliphatic heterocycles. The number of methoxy groups -OCH3 is 1. The van der Waals surface area contributed by atoms with Crippen molar-refractivity contribution >= 4 is 52.5 Å². The summed E-state index contributed by atoms with van der Waals surface area (Å²) in [6.07, 6.45) is 1.86. The molecule has 2 aliphatic carbocycles. The molecule has 4 amide bonds. The number of carbonyl (C=O) groups is 4. The van der Waals surface area contributed by atoms with E-state index in [1.807, 2.05) is 36.4 Å². The van der Waals surface area contributed by atoms with Crippen LogP contribution in [0.5, 0.6) is 11.5 Å². The van der Waals surface area contributed by atoms with Crippen molar-refractivity contribution in [2.45, 2.75) is 35.1 Å². The SMILES string of the molecule is COc1cc(O)ccc1C1C2=CCC3C(=O)N(Cc4ccccc4)C(=O)C3C2CC2(Cl)C(=O)N(c3ccc(F)cc3)C(=O)C12Cl. The number of phenolic OH excluding ortho intramolecular Hbond substituents is 1. The minimum Gasteiger partial charge on any atom is -0.508 e. The quantitative estimate of drug-likeness (QED) is 0.229. The van der Waals surface area contributed by atoms with Gasteiger partial charge < -0.3 is 9.84 Å². The van der Waals surface area contributed by atoms with Gasteiger partial charge in [0.1, 0.15) is 17.3 Å². The molecule has 3 aromatic carbocycles. The zero-order valence-corrected chi connectivity index (χ0v) is 25.5. The van der Waals surface area contributed by atoms with Gasteiger partial charge in [-0.25, -0.2) is 9.29 Å². The van der Waals surface area contributed by atoms with Crippen LogP contribution in [0.25, 0.3) is 0 Å². The molecule has 45 heavy (non-hydrogen) atoms. The largest absolute Gasteiger partial charge is 0.508 e. The minimum atomic E-state index is -2.10. The zero-order chi connectivity index (χ0) is 31.8. The third-order valence-electron chi connectivity index (χ3n) is 9.70. The number of ether oxygens (including phenoxy) is 1. The molecule has 0 spiro atoms. The fraction of sp³-hybridized carbons (Fsp3) is 0.294. The van der Waals surface area contributed by atoms with Gasteiger partial charge in [-0.1, -0.05) is 48.0 Å².